The van der Waals surface area contributed by atoms with Crippen LogP contribution in [0.4, 0.5) is 5.69 Å². The van der Waals surface area contributed by atoms with Gasteiger partial charge in [0.2, 0.25) is 5.43 Å². The highest BCUT2D eigenvalue weighted by atomic mass is 16.5. The number of aromatic amines is 1. The van der Waals surface area contributed by atoms with E-state index in [1.54, 1.807) is 54.9 Å². The van der Waals surface area contributed by atoms with Gasteiger partial charge in [-0.2, -0.15) is 0 Å². The Kier molecular flexibility index (Phi) is 5.27. The number of para-hydroxylation sites is 2. The number of ether oxygens (including phenoxy) is 1. The lowest BCUT2D eigenvalue weighted by atomic mass is 10.1. The van der Waals surface area contributed by atoms with E-state index in [1.807, 2.05) is 59.3 Å². The number of H-pyrrole nitrogens is 1. The lowest BCUT2D eigenvalue weighted by Crippen LogP contribution is -2.23. The molecule has 6 aromatic rings. The molecule has 1 amide bonds. The fraction of sp³-hybridized carbons (Fsp3) is 0. The molecule has 0 unspecified atom stereocenters. The number of rotatable bonds is 5. The van der Waals surface area contributed by atoms with E-state index >= 15 is 0 Å². The van der Waals surface area contributed by atoms with E-state index < -0.39 is 5.91 Å². The minimum atomic E-state index is -0.479. The van der Waals surface area contributed by atoms with Crippen molar-refractivity contribution in [3.63, 3.8) is 0 Å². The Balaban J connectivity index is 1.29. The summed E-state index contributed by atoms with van der Waals surface area (Å²) in [6.07, 6.45) is 5.08. The molecule has 6 rings (SSSR count). The summed E-state index contributed by atoms with van der Waals surface area (Å²) in [6, 6.07) is 27.6. The summed E-state index contributed by atoms with van der Waals surface area (Å²) in [7, 11) is 0. The lowest BCUT2D eigenvalue weighted by Gasteiger charge is -2.14. The van der Waals surface area contributed by atoms with Crippen LogP contribution in [0, 0.1) is 0 Å². The molecule has 7 nitrogen and oxygen atoms in total. The van der Waals surface area contributed by atoms with Gasteiger partial charge in [-0.3, -0.25) is 9.59 Å². The Labute approximate surface area is 205 Å². The summed E-state index contributed by atoms with van der Waals surface area (Å²) in [4.78, 5) is 33.7. The van der Waals surface area contributed by atoms with Gasteiger partial charge in [0.05, 0.1) is 10.9 Å². The fourth-order valence-corrected chi connectivity index (χ4v) is 4.20. The third-order valence-electron chi connectivity index (χ3n) is 5.95. The van der Waals surface area contributed by atoms with Crippen LogP contribution in [0.15, 0.2) is 114 Å². The van der Waals surface area contributed by atoms with Crippen molar-refractivity contribution in [3.05, 3.63) is 125 Å². The van der Waals surface area contributed by atoms with Gasteiger partial charge in [-0.1, -0.05) is 30.3 Å². The number of amides is 1. The van der Waals surface area contributed by atoms with E-state index in [0.717, 1.165) is 22.2 Å². The summed E-state index contributed by atoms with van der Waals surface area (Å²) in [6.45, 7) is 0. The SMILES string of the molecule is O=C(Nc1ccc(Oc2ccnc3[nH]ccc23)cc1)c1cn(-c2ccccc2)c2ccccc2c1=O. The highest BCUT2D eigenvalue weighted by molar-refractivity contribution is 6.06. The maximum absolute atomic E-state index is 13.2. The van der Waals surface area contributed by atoms with Crippen LogP contribution in [0.25, 0.3) is 27.6 Å². The van der Waals surface area contributed by atoms with Gasteiger partial charge >= 0.3 is 0 Å². The molecular formula is C29H20N4O3. The first-order valence-electron chi connectivity index (χ1n) is 11.4. The van der Waals surface area contributed by atoms with Gasteiger partial charge in [-0.15, -0.1) is 0 Å². The molecule has 2 N–H and O–H groups in total. The highest BCUT2D eigenvalue weighted by Gasteiger charge is 2.16. The monoisotopic (exact) mass is 472 g/mol. The first kappa shape index (κ1) is 21.4. The van der Waals surface area contributed by atoms with Gasteiger partial charge in [0.25, 0.3) is 5.91 Å². The van der Waals surface area contributed by atoms with Crippen LogP contribution in [0.2, 0.25) is 0 Å². The fourth-order valence-electron chi connectivity index (χ4n) is 4.20. The van der Waals surface area contributed by atoms with E-state index in [2.05, 4.69) is 15.3 Å². The number of carbonyl (C=O) groups is 1. The van der Waals surface area contributed by atoms with Crippen LogP contribution >= 0.6 is 0 Å². The van der Waals surface area contributed by atoms with Crippen molar-refractivity contribution >= 4 is 33.5 Å². The van der Waals surface area contributed by atoms with Gasteiger partial charge in [0.15, 0.2) is 0 Å². The third-order valence-corrected chi connectivity index (χ3v) is 5.95. The Morgan fingerprint density at radius 1 is 0.861 bits per heavy atom. The van der Waals surface area contributed by atoms with Crippen molar-refractivity contribution in [2.75, 3.05) is 5.32 Å². The van der Waals surface area contributed by atoms with Crippen molar-refractivity contribution in [2.45, 2.75) is 0 Å². The molecule has 36 heavy (non-hydrogen) atoms. The van der Waals surface area contributed by atoms with Gasteiger partial charge < -0.3 is 19.6 Å². The highest BCUT2D eigenvalue weighted by Crippen LogP contribution is 2.29. The van der Waals surface area contributed by atoms with Crippen LogP contribution in [0.1, 0.15) is 10.4 Å². The van der Waals surface area contributed by atoms with Crippen LogP contribution < -0.4 is 15.5 Å². The standard InChI is InChI=1S/C29H20N4O3/c34-27-22-8-4-5-9-25(22)33(20-6-2-1-3-7-20)18-24(27)29(35)32-19-10-12-21(13-11-19)36-26-15-17-31-28-23(26)14-16-30-28/h1-18H,(H,30,31)(H,32,35). The second-order valence-corrected chi connectivity index (χ2v) is 8.22. The van der Waals surface area contributed by atoms with Gasteiger partial charge in [0, 0.05) is 35.4 Å². The molecule has 0 bridgehead atoms. The van der Waals surface area contributed by atoms with Gasteiger partial charge in [0.1, 0.15) is 22.7 Å². The second kappa shape index (κ2) is 8.88. The number of benzene rings is 3. The maximum atomic E-state index is 13.2. The largest absolute Gasteiger partial charge is 0.457 e. The van der Waals surface area contributed by atoms with Gasteiger partial charge in [-0.05, 0) is 60.7 Å². The average molecular weight is 473 g/mol. The quantitative estimate of drug-likeness (QED) is 0.326. The predicted molar refractivity (Wildman–Crippen MR) is 140 cm³/mol. The molecule has 0 aliphatic heterocycles. The summed E-state index contributed by atoms with van der Waals surface area (Å²) in [5, 5.41) is 4.19. The molecule has 3 heterocycles. The van der Waals surface area contributed by atoms with Crippen molar-refractivity contribution in [3.8, 4) is 17.2 Å². The minimum absolute atomic E-state index is 0.0597. The Bertz CT molecular complexity index is 1770. The number of pyridine rings is 2. The number of fused-ring (bicyclic) bond motifs is 2. The smallest absolute Gasteiger partial charge is 0.261 e. The predicted octanol–water partition coefficient (Wildman–Crippen LogP) is 5.91. The van der Waals surface area contributed by atoms with Crippen LogP contribution in [-0.2, 0) is 0 Å². The number of nitrogens with one attached hydrogen (secondary N) is 2. The van der Waals surface area contributed by atoms with E-state index in [9.17, 15) is 9.59 Å². The lowest BCUT2D eigenvalue weighted by molar-refractivity contribution is 0.102. The zero-order chi connectivity index (χ0) is 24.5. The Morgan fingerprint density at radius 2 is 1.64 bits per heavy atom. The van der Waals surface area contributed by atoms with Gasteiger partial charge in [-0.25, -0.2) is 4.98 Å². The number of nitrogens with zero attached hydrogens (tertiary/aromatic N) is 2. The minimum Gasteiger partial charge on any atom is -0.457 e. The molecule has 0 fully saturated rings. The molecule has 174 valence electrons. The van der Waals surface area contributed by atoms with Crippen LogP contribution in [-0.4, -0.2) is 20.4 Å². The number of hydrogen-bond donors (Lipinski definition) is 2. The molecule has 3 aromatic heterocycles. The molecule has 0 saturated heterocycles. The third kappa shape index (κ3) is 3.88. The van der Waals surface area contributed by atoms with E-state index in [0.29, 0.717) is 22.6 Å². The summed E-state index contributed by atoms with van der Waals surface area (Å²) < 4.78 is 7.86. The van der Waals surface area contributed by atoms with Crippen LogP contribution in [0.5, 0.6) is 11.5 Å². The number of anilines is 1. The number of carbonyl (C=O) groups excluding carboxylic acids is 1. The van der Waals surface area contributed by atoms with E-state index in [4.69, 9.17) is 4.74 Å². The van der Waals surface area contributed by atoms with E-state index in [1.165, 1.54) is 0 Å². The summed E-state index contributed by atoms with van der Waals surface area (Å²) in [5.74, 6) is 0.807. The van der Waals surface area contributed by atoms with Crippen molar-refractivity contribution in [1.82, 2.24) is 14.5 Å². The zero-order valence-corrected chi connectivity index (χ0v) is 19.0. The Hall–Kier alpha value is -5.17. The number of aromatic nitrogens is 3. The van der Waals surface area contributed by atoms with Crippen molar-refractivity contribution < 1.29 is 9.53 Å². The Morgan fingerprint density at radius 3 is 2.47 bits per heavy atom. The average Bonchev–Trinajstić information content (AvgIpc) is 3.41. The molecule has 0 atom stereocenters. The molecule has 7 heteroatoms. The first-order valence-corrected chi connectivity index (χ1v) is 11.4. The zero-order valence-electron chi connectivity index (χ0n) is 19.0. The molecule has 0 spiro atoms. The summed E-state index contributed by atoms with van der Waals surface area (Å²) in [5.41, 5.74) is 2.63. The van der Waals surface area contributed by atoms with Crippen molar-refractivity contribution in [2.24, 2.45) is 0 Å². The molecule has 3 aromatic carbocycles. The van der Waals surface area contributed by atoms with Crippen molar-refractivity contribution in [1.29, 1.82) is 0 Å². The second-order valence-electron chi connectivity index (χ2n) is 8.22. The first-order chi connectivity index (χ1) is 17.7. The molecule has 0 saturated carbocycles. The van der Waals surface area contributed by atoms with Crippen LogP contribution in [0.3, 0.4) is 0 Å². The molecule has 0 aliphatic rings. The molecule has 0 aliphatic carbocycles. The normalized spacial score (nSPS) is 11.0. The molecular weight excluding hydrogens is 452 g/mol. The summed E-state index contributed by atoms with van der Waals surface area (Å²) >= 11 is 0. The number of hydrogen-bond acceptors (Lipinski definition) is 4. The van der Waals surface area contributed by atoms with E-state index in [-0.39, 0.29) is 11.0 Å². The maximum Gasteiger partial charge on any atom is 0.261 e. The topological polar surface area (TPSA) is 89.0 Å². The molecule has 0 radical (unpaired) electrons.